The number of carbonyl (C=O) groups excluding carboxylic acids is 2. The van der Waals surface area contributed by atoms with Gasteiger partial charge in [-0.05, 0) is 38.2 Å². The summed E-state index contributed by atoms with van der Waals surface area (Å²) in [5.41, 5.74) is 1.00. The largest absolute Gasteiger partial charge is 0.436 e. The van der Waals surface area contributed by atoms with Crippen LogP contribution in [0.2, 0.25) is 0 Å². The van der Waals surface area contributed by atoms with Crippen LogP contribution in [-0.4, -0.2) is 59.6 Å². The molecule has 0 radical (unpaired) electrons. The zero-order valence-electron chi connectivity index (χ0n) is 18.0. The lowest BCUT2D eigenvalue weighted by Gasteiger charge is -2.44. The van der Waals surface area contributed by atoms with Crippen LogP contribution in [0.4, 0.5) is 4.79 Å². The number of alkyl carbamates (subject to hydrolysis) is 1. The highest BCUT2D eigenvalue weighted by atomic mass is 16.6. The lowest BCUT2D eigenvalue weighted by molar-refractivity contribution is -0.138. The van der Waals surface area contributed by atoms with E-state index in [0.717, 1.165) is 37.9 Å². The first kappa shape index (κ1) is 21.6. The highest BCUT2D eigenvalue weighted by Crippen LogP contribution is 2.31. The van der Waals surface area contributed by atoms with Crippen molar-refractivity contribution in [3.05, 3.63) is 35.9 Å². The third-order valence-electron chi connectivity index (χ3n) is 6.24. The SMILES string of the molecule is CCC[C@@H]1CN(C(C)C)CC[C@@H]1N1CC[C@H](OC(=O)NCc2ccccc2)C1=O. The second kappa shape index (κ2) is 10.1. The van der Waals surface area contributed by atoms with Crippen molar-refractivity contribution in [3.8, 4) is 0 Å². The molecule has 6 nitrogen and oxygen atoms in total. The van der Waals surface area contributed by atoms with Crippen LogP contribution < -0.4 is 5.32 Å². The van der Waals surface area contributed by atoms with E-state index in [1.807, 2.05) is 35.2 Å². The zero-order chi connectivity index (χ0) is 20.8. The number of rotatable bonds is 7. The van der Waals surface area contributed by atoms with Crippen LogP contribution in [0.25, 0.3) is 0 Å². The number of hydrogen-bond acceptors (Lipinski definition) is 4. The van der Waals surface area contributed by atoms with E-state index in [-0.39, 0.29) is 11.9 Å². The first-order chi connectivity index (χ1) is 14.0. The minimum absolute atomic E-state index is 0.0241. The van der Waals surface area contributed by atoms with Gasteiger partial charge in [-0.2, -0.15) is 0 Å². The summed E-state index contributed by atoms with van der Waals surface area (Å²) in [5, 5.41) is 2.75. The summed E-state index contributed by atoms with van der Waals surface area (Å²) in [6.45, 7) is 9.84. The molecule has 0 spiro atoms. The number of hydrogen-bond donors (Lipinski definition) is 1. The zero-order valence-corrected chi connectivity index (χ0v) is 18.0. The topological polar surface area (TPSA) is 61.9 Å². The normalized spacial score (nSPS) is 25.4. The van der Waals surface area contributed by atoms with Crippen LogP contribution >= 0.6 is 0 Å². The Labute approximate surface area is 174 Å². The Bertz CT molecular complexity index is 679. The predicted octanol–water partition coefficient (Wildman–Crippen LogP) is 3.41. The summed E-state index contributed by atoms with van der Waals surface area (Å²) in [6.07, 6.45) is 2.66. The highest BCUT2D eigenvalue weighted by molar-refractivity contribution is 5.85. The number of benzene rings is 1. The van der Waals surface area contributed by atoms with Crippen molar-refractivity contribution < 1.29 is 14.3 Å². The number of likely N-dealkylation sites (tertiary alicyclic amines) is 2. The van der Waals surface area contributed by atoms with Crippen molar-refractivity contribution in [1.29, 1.82) is 0 Å². The molecule has 1 N–H and O–H groups in total. The molecule has 1 aromatic carbocycles. The molecule has 6 heteroatoms. The molecule has 2 saturated heterocycles. The minimum Gasteiger partial charge on any atom is -0.436 e. The van der Waals surface area contributed by atoms with E-state index in [1.54, 1.807) is 0 Å². The average molecular weight is 402 g/mol. The number of piperidine rings is 1. The molecule has 1 aromatic rings. The molecule has 160 valence electrons. The summed E-state index contributed by atoms with van der Waals surface area (Å²) < 4.78 is 5.47. The Morgan fingerprint density at radius 2 is 1.97 bits per heavy atom. The molecule has 0 aromatic heterocycles. The van der Waals surface area contributed by atoms with Gasteiger partial charge in [-0.1, -0.05) is 43.7 Å². The van der Waals surface area contributed by atoms with Crippen molar-refractivity contribution in [3.63, 3.8) is 0 Å². The second-order valence-electron chi connectivity index (χ2n) is 8.55. The molecule has 3 rings (SSSR count). The minimum atomic E-state index is -0.656. The summed E-state index contributed by atoms with van der Waals surface area (Å²) in [6, 6.07) is 10.5. The molecule has 2 heterocycles. The van der Waals surface area contributed by atoms with Gasteiger partial charge in [-0.3, -0.25) is 4.79 Å². The number of ether oxygens (including phenoxy) is 1. The van der Waals surface area contributed by atoms with Crippen LogP contribution in [0.15, 0.2) is 30.3 Å². The average Bonchev–Trinajstić information content (AvgIpc) is 3.07. The molecular weight excluding hydrogens is 366 g/mol. The highest BCUT2D eigenvalue weighted by Gasteiger charge is 2.42. The van der Waals surface area contributed by atoms with Gasteiger partial charge in [0.05, 0.1) is 0 Å². The van der Waals surface area contributed by atoms with Crippen molar-refractivity contribution >= 4 is 12.0 Å². The Morgan fingerprint density at radius 1 is 1.21 bits per heavy atom. The molecule has 2 fully saturated rings. The van der Waals surface area contributed by atoms with Gasteiger partial charge in [-0.15, -0.1) is 0 Å². The van der Waals surface area contributed by atoms with Gasteiger partial charge in [-0.25, -0.2) is 4.79 Å². The van der Waals surface area contributed by atoms with E-state index in [2.05, 4.69) is 31.0 Å². The first-order valence-corrected chi connectivity index (χ1v) is 11.0. The monoisotopic (exact) mass is 401 g/mol. The molecule has 0 aliphatic carbocycles. The van der Waals surface area contributed by atoms with E-state index in [0.29, 0.717) is 31.5 Å². The number of carbonyl (C=O) groups is 2. The lowest BCUT2D eigenvalue weighted by atomic mass is 9.87. The van der Waals surface area contributed by atoms with Gasteiger partial charge < -0.3 is 19.9 Å². The quantitative estimate of drug-likeness (QED) is 0.761. The van der Waals surface area contributed by atoms with Crippen LogP contribution in [0, 0.1) is 5.92 Å². The van der Waals surface area contributed by atoms with Gasteiger partial charge in [0.2, 0.25) is 0 Å². The van der Waals surface area contributed by atoms with Gasteiger partial charge in [0, 0.05) is 44.7 Å². The third kappa shape index (κ3) is 5.50. The Morgan fingerprint density at radius 3 is 2.66 bits per heavy atom. The van der Waals surface area contributed by atoms with Crippen LogP contribution in [0.1, 0.15) is 52.0 Å². The standard InChI is InChI=1S/C23H35N3O3/c1-4-8-19-16-25(17(2)3)13-11-20(19)26-14-12-21(22(26)27)29-23(28)24-15-18-9-6-5-7-10-18/h5-7,9-10,17,19-21H,4,8,11-16H2,1-3H3,(H,24,28)/t19-,20+,21+/m1/s1. The van der Waals surface area contributed by atoms with E-state index in [4.69, 9.17) is 4.74 Å². The molecule has 0 bridgehead atoms. The molecule has 2 aliphatic heterocycles. The van der Waals surface area contributed by atoms with Crippen LogP contribution in [0.3, 0.4) is 0 Å². The Balaban J connectivity index is 1.53. The molecule has 2 amide bonds. The number of amides is 2. The fourth-order valence-corrected chi connectivity index (χ4v) is 4.64. The van der Waals surface area contributed by atoms with E-state index in [1.165, 1.54) is 0 Å². The maximum absolute atomic E-state index is 13.0. The van der Waals surface area contributed by atoms with Crippen LogP contribution in [-0.2, 0) is 16.1 Å². The van der Waals surface area contributed by atoms with Gasteiger partial charge in [0.25, 0.3) is 5.91 Å². The lowest BCUT2D eigenvalue weighted by Crippen LogP contribution is -2.53. The van der Waals surface area contributed by atoms with Gasteiger partial charge >= 0.3 is 6.09 Å². The summed E-state index contributed by atoms with van der Waals surface area (Å²) >= 11 is 0. The fraction of sp³-hybridized carbons (Fsp3) is 0.652. The molecular formula is C23H35N3O3. The van der Waals surface area contributed by atoms with E-state index >= 15 is 0 Å². The van der Waals surface area contributed by atoms with Gasteiger partial charge in [0.1, 0.15) is 0 Å². The predicted molar refractivity (Wildman–Crippen MR) is 113 cm³/mol. The van der Waals surface area contributed by atoms with Gasteiger partial charge in [0.15, 0.2) is 6.10 Å². The van der Waals surface area contributed by atoms with Crippen molar-refractivity contribution in [2.75, 3.05) is 19.6 Å². The molecule has 29 heavy (non-hydrogen) atoms. The van der Waals surface area contributed by atoms with Crippen molar-refractivity contribution in [2.45, 2.75) is 71.2 Å². The summed E-state index contributed by atoms with van der Waals surface area (Å²) in [5.74, 6) is 0.467. The third-order valence-corrected chi connectivity index (χ3v) is 6.24. The maximum atomic E-state index is 13.0. The Kier molecular flexibility index (Phi) is 7.53. The van der Waals surface area contributed by atoms with Crippen molar-refractivity contribution in [1.82, 2.24) is 15.1 Å². The summed E-state index contributed by atoms with van der Waals surface area (Å²) in [4.78, 5) is 29.7. The smallest absolute Gasteiger partial charge is 0.408 e. The second-order valence-corrected chi connectivity index (χ2v) is 8.55. The van der Waals surface area contributed by atoms with E-state index in [9.17, 15) is 9.59 Å². The molecule has 2 aliphatic rings. The molecule has 0 saturated carbocycles. The van der Waals surface area contributed by atoms with Crippen LogP contribution in [0.5, 0.6) is 0 Å². The van der Waals surface area contributed by atoms with E-state index < -0.39 is 12.2 Å². The van der Waals surface area contributed by atoms with Crippen molar-refractivity contribution in [2.24, 2.45) is 5.92 Å². The summed E-state index contributed by atoms with van der Waals surface area (Å²) in [7, 11) is 0. The fourth-order valence-electron chi connectivity index (χ4n) is 4.64. The number of nitrogens with zero attached hydrogens (tertiary/aromatic N) is 2. The maximum Gasteiger partial charge on any atom is 0.408 e. The number of nitrogens with one attached hydrogen (secondary N) is 1. The molecule has 0 unspecified atom stereocenters. The molecule has 3 atom stereocenters. The first-order valence-electron chi connectivity index (χ1n) is 11.0. The Hall–Kier alpha value is -2.08.